The number of piperidine rings is 1. The Morgan fingerprint density at radius 3 is 2.72 bits per heavy atom. The number of phenolic OH excluding ortho intramolecular Hbond substituents is 1. The van der Waals surface area contributed by atoms with Gasteiger partial charge in [0.1, 0.15) is 4.90 Å². The molecular weight excluding hydrogens is 257 g/mol. The third-order valence-corrected chi connectivity index (χ3v) is 4.36. The highest BCUT2D eigenvalue weighted by molar-refractivity contribution is 7.90. The topological polar surface area (TPSA) is 66.4 Å². The molecule has 100 valence electrons. The summed E-state index contributed by atoms with van der Waals surface area (Å²) in [5.41, 5.74) is 0.479. The van der Waals surface area contributed by atoms with Gasteiger partial charge in [0.2, 0.25) is 0 Å². The average Bonchev–Trinajstić information content (AvgIpc) is 2.32. The van der Waals surface area contributed by atoms with Crippen molar-refractivity contribution in [2.75, 3.05) is 19.3 Å². The maximum Gasteiger partial charge on any atom is 0.183 e. The molecule has 6 heteroatoms. The van der Waals surface area contributed by atoms with E-state index in [-0.39, 0.29) is 5.92 Å². The molecule has 0 bridgehead atoms. The van der Waals surface area contributed by atoms with Crippen molar-refractivity contribution in [1.29, 1.82) is 0 Å². The summed E-state index contributed by atoms with van der Waals surface area (Å²) in [6, 6.07) is 2.74. The predicted molar refractivity (Wildman–Crippen MR) is 66.0 cm³/mol. The Balaban J connectivity index is 2.43. The zero-order chi connectivity index (χ0) is 13.3. The van der Waals surface area contributed by atoms with Crippen LogP contribution in [-0.2, 0) is 9.84 Å². The van der Waals surface area contributed by atoms with Gasteiger partial charge < -0.3 is 10.4 Å². The highest BCUT2D eigenvalue weighted by Gasteiger charge is 2.24. The summed E-state index contributed by atoms with van der Waals surface area (Å²) in [7, 11) is -3.65. The first-order valence-electron chi connectivity index (χ1n) is 5.83. The van der Waals surface area contributed by atoms with Gasteiger partial charge in [-0.1, -0.05) is 6.07 Å². The van der Waals surface area contributed by atoms with Gasteiger partial charge in [-0.25, -0.2) is 12.8 Å². The smallest absolute Gasteiger partial charge is 0.183 e. The second-order valence-electron chi connectivity index (χ2n) is 4.63. The monoisotopic (exact) mass is 273 g/mol. The van der Waals surface area contributed by atoms with Gasteiger partial charge in [0.25, 0.3) is 0 Å². The first-order valence-corrected chi connectivity index (χ1v) is 7.72. The number of sulfone groups is 1. The van der Waals surface area contributed by atoms with Crippen molar-refractivity contribution in [2.45, 2.75) is 23.7 Å². The quantitative estimate of drug-likeness (QED) is 0.855. The number of hydrogen-bond acceptors (Lipinski definition) is 4. The van der Waals surface area contributed by atoms with Crippen LogP contribution in [0, 0.1) is 5.82 Å². The highest BCUT2D eigenvalue weighted by Crippen LogP contribution is 2.34. The van der Waals surface area contributed by atoms with Crippen molar-refractivity contribution >= 4 is 9.84 Å². The van der Waals surface area contributed by atoms with Crippen molar-refractivity contribution in [2.24, 2.45) is 0 Å². The highest BCUT2D eigenvalue weighted by atomic mass is 32.2. The van der Waals surface area contributed by atoms with Crippen LogP contribution in [0.1, 0.15) is 24.3 Å². The van der Waals surface area contributed by atoms with Crippen molar-refractivity contribution in [3.8, 4) is 5.75 Å². The van der Waals surface area contributed by atoms with Crippen molar-refractivity contribution in [3.63, 3.8) is 0 Å². The SMILES string of the molecule is CS(=O)(=O)c1ccc(C2CCCNC2)c(O)c1F. The van der Waals surface area contributed by atoms with Crippen LogP contribution in [-0.4, -0.2) is 32.9 Å². The van der Waals surface area contributed by atoms with Gasteiger partial charge in [-0.3, -0.25) is 0 Å². The van der Waals surface area contributed by atoms with Crippen LogP contribution >= 0.6 is 0 Å². The minimum absolute atomic E-state index is 0.0295. The summed E-state index contributed by atoms with van der Waals surface area (Å²) in [6.45, 7) is 1.59. The Morgan fingerprint density at radius 1 is 1.44 bits per heavy atom. The van der Waals surface area contributed by atoms with E-state index in [2.05, 4.69) is 5.32 Å². The molecular formula is C12H16FNO3S. The van der Waals surface area contributed by atoms with Crippen LogP contribution in [0.2, 0.25) is 0 Å². The fraction of sp³-hybridized carbons (Fsp3) is 0.500. The third kappa shape index (κ3) is 2.49. The Labute approximate surface area is 106 Å². The van der Waals surface area contributed by atoms with E-state index in [1.165, 1.54) is 12.1 Å². The van der Waals surface area contributed by atoms with E-state index in [9.17, 15) is 17.9 Å². The number of nitrogens with one attached hydrogen (secondary N) is 1. The van der Waals surface area contributed by atoms with E-state index in [1.807, 2.05) is 0 Å². The Bertz CT molecular complexity index is 551. The molecule has 4 nitrogen and oxygen atoms in total. The number of aromatic hydroxyl groups is 1. The Hall–Kier alpha value is -1.14. The predicted octanol–water partition coefficient (Wildman–Crippen LogP) is 1.40. The number of phenols is 1. The summed E-state index contributed by atoms with van der Waals surface area (Å²) >= 11 is 0. The molecule has 0 amide bonds. The first kappa shape index (κ1) is 13.3. The second kappa shape index (κ2) is 4.85. The molecule has 1 unspecified atom stereocenters. The fourth-order valence-electron chi connectivity index (χ4n) is 2.29. The minimum atomic E-state index is -3.65. The summed E-state index contributed by atoms with van der Waals surface area (Å²) in [5, 5.41) is 13.0. The average molecular weight is 273 g/mol. The van der Waals surface area contributed by atoms with Gasteiger partial charge in [0.05, 0.1) is 0 Å². The lowest BCUT2D eigenvalue weighted by Gasteiger charge is -2.24. The normalized spacial score (nSPS) is 20.9. The van der Waals surface area contributed by atoms with Crippen LogP contribution < -0.4 is 5.32 Å². The Kier molecular flexibility index (Phi) is 3.59. The molecule has 0 aliphatic carbocycles. The molecule has 1 aromatic rings. The minimum Gasteiger partial charge on any atom is -0.505 e. The van der Waals surface area contributed by atoms with E-state index < -0.39 is 26.3 Å². The van der Waals surface area contributed by atoms with Crippen molar-refractivity contribution in [3.05, 3.63) is 23.5 Å². The molecule has 18 heavy (non-hydrogen) atoms. The molecule has 2 N–H and O–H groups in total. The number of benzene rings is 1. The maximum absolute atomic E-state index is 13.9. The van der Waals surface area contributed by atoms with E-state index >= 15 is 0 Å². The molecule has 1 aromatic carbocycles. The maximum atomic E-state index is 13.9. The lowest BCUT2D eigenvalue weighted by Crippen LogP contribution is -2.28. The number of rotatable bonds is 2. The van der Waals surface area contributed by atoms with Crippen LogP contribution in [0.5, 0.6) is 5.75 Å². The van der Waals surface area contributed by atoms with Crippen LogP contribution in [0.25, 0.3) is 0 Å². The summed E-state index contributed by atoms with van der Waals surface area (Å²) < 4.78 is 36.5. The standard InChI is InChI=1S/C12H16FNO3S/c1-18(16,17)10-5-4-9(12(15)11(10)13)8-3-2-6-14-7-8/h4-5,8,14-15H,2-3,6-7H2,1H3. The number of hydrogen-bond donors (Lipinski definition) is 2. The van der Waals surface area contributed by atoms with Gasteiger partial charge in [-0.05, 0) is 25.5 Å². The van der Waals surface area contributed by atoms with Gasteiger partial charge in [0.15, 0.2) is 21.4 Å². The third-order valence-electron chi connectivity index (χ3n) is 3.25. The van der Waals surface area contributed by atoms with Gasteiger partial charge in [-0.15, -0.1) is 0 Å². The molecule has 1 atom stereocenters. The van der Waals surface area contributed by atoms with Crippen molar-refractivity contribution in [1.82, 2.24) is 5.32 Å². The van der Waals surface area contributed by atoms with Crippen LogP contribution in [0.4, 0.5) is 4.39 Å². The molecule has 1 saturated heterocycles. The van der Waals surface area contributed by atoms with Gasteiger partial charge >= 0.3 is 0 Å². The zero-order valence-corrected chi connectivity index (χ0v) is 10.9. The van der Waals surface area contributed by atoms with Gasteiger partial charge in [0, 0.05) is 24.3 Å². The summed E-state index contributed by atoms with van der Waals surface area (Å²) in [4.78, 5) is -0.451. The molecule has 0 spiro atoms. The lowest BCUT2D eigenvalue weighted by molar-refractivity contribution is 0.394. The lowest BCUT2D eigenvalue weighted by atomic mass is 9.91. The summed E-state index contributed by atoms with van der Waals surface area (Å²) in [6.07, 6.45) is 2.74. The molecule has 2 rings (SSSR count). The van der Waals surface area contributed by atoms with E-state index in [1.54, 1.807) is 0 Å². The molecule has 0 radical (unpaired) electrons. The second-order valence-corrected chi connectivity index (χ2v) is 6.62. The summed E-state index contributed by atoms with van der Waals surface area (Å²) in [5.74, 6) is -1.55. The first-order chi connectivity index (χ1) is 8.41. The fourth-order valence-corrected chi connectivity index (χ4v) is 3.03. The molecule has 1 aliphatic heterocycles. The van der Waals surface area contributed by atoms with E-state index in [4.69, 9.17) is 0 Å². The molecule has 0 saturated carbocycles. The molecule has 1 heterocycles. The Morgan fingerprint density at radius 2 is 2.17 bits per heavy atom. The van der Waals surface area contributed by atoms with E-state index in [0.717, 1.165) is 25.6 Å². The number of halogens is 1. The molecule has 1 aliphatic rings. The molecule has 0 aromatic heterocycles. The zero-order valence-electron chi connectivity index (χ0n) is 10.1. The van der Waals surface area contributed by atoms with Crippen LogP contribution in [0.3, 0.4) is 0 Å². The van der Waals surface area contributed by atoms with E-state index in [0.29, 0.717) is 12.1 Å². The van der Waals surface area contributed by atoms with Gasteiger partial charge in [-0.2, -0.15) is 0 Å². The van der Waals surface area contributed by atoms with Crippen LogP contribution in [0.15, 0.2) is 17.0 Å². The molecule has 1 fully saturated rings. The largest absolute Gasteiger partial charge is 0.505 e. The van der Waals surface area contributed by atoms with Crippen molar-refractivity contribution < 1.29 is 17.9 Å².